The number of hydrogen-bond donors (Lipinski definition) is 3. The van der Waals surface area contributed by atoms with Crippen LogP contribution >= 0.6 is 11.8 Å². The normalized spacial score (nSPS) is 30.1. The first-order chi connectivity index (χ1) is 7.66. The zero-order valence-corrected chi connectivity index (χ0v) is 9.76. The predicted molar refractivity (Wildman–Crippen MR) is 68.7 cm³/mol. The van der Waals surface area contributed by atoms with Crippen LogP contribution in [0.15, 0.2) is 0 Å². The van der Waals surface area contributed by atoms with Gasteiger partial charge in [0.15, 0.2) is 0 Å². The Hall–Kier alpha value is 0.726. The summed E-state index contributed by atoms with van der Waals surface area (Å²) in [4.78, 5) is 21.5. The SMILES string of the molecule is O=C(O)CCCC[C@@H]1SC[C@@H]2NC(=O)N[C@@H]21.[KH]. The van der Waals surface area contributed by atoms with Crippen molar-refractivity contribution in [1.82, 2.24) is 10.6 Å². The van der Waals surface area contributed by atoms with E-state index in [2.05, 4.69) is 10.6 Å². The molecular formula is C10H17KN2O3S. The van der Waals surface area contributed by atoms with Crippen molar-refractivity contribution in [3.8, 4) is 0 Å². The number of carboxylic acids is 1. The minimum atomic E-state index is -0.729. The van der Waals surface area contributed by atoms with Crippen molar-refractivity contribution in [1.29, 1.82) is 0 Å². The van der Waals surface area contributed by atoms with Gasteiger partial charge in [0.05, 0.1) is 12.1 Å². The maximum atomic E-state index is 11.1. The Morgan fingerprint density at radius 3 is 2.88 bits per heavy atom. The van der Waals surface area contributed by atoms with Crippen LogP contribution in [0.2, 0.25) is 0 Å². The molecular weight excluding hydrogens is 267 g/mol. The van der Waals surface area contributed by atoms with E-state index >= 15 is 0 Å². The van der Waals surface area contributed by atoms with Crippen LogP contribution in [0.4, 0.5) is 4.79 Å². The molecule has 2 fully saturated rings. The van der Waals surface area contributed by atoms with Crippen LogP contribution in [0, 0.1) is 0 Å². The van der Waals surface area contributed by atoms with Crippen molar-refractivity contribution in [2.75, 3.05) is 5.75 Å². The second-order valence-electron chi connectivity index (χ2n) is 4.26. The molecule has 2 aliphatic rings. The first kappa shape index (κ1) is 15.8. The summed E-state index contributed by atoms with van der Waals surface area (Å²) in [6.07, 6.45) is 2.88. The number of urea groups is 1. The van der Waals surface area contributed by atoms with E-state index in [9.17, 15) is 9.59 Å². The molecule has 0 aromatic carbocycles. The Kier molecular flexibility index (Phi) is 6.82. The van der Waals surface area contributed by atoms with Crippen molar-refractivity contribution in [3.05, 3.63) is 0 Å². The number of fused-ring (bicyclic) bond motifs is 1. The van der Waals surface area contributed by atoms with Gasteiger partial charge in [-0.3, -0.25) is 4.79 Å². The van der Waals surface area contributed by atoms with Gasteiger partial charge in [-0.05, 0) is 12.8 Å². The molecule has 0 bridgehead atoms. The number of carbonyl (C=O) groups is 2. The average molecular weight is 284 g/mol. The van der Waals surface area contributed by atoms with E-state index in [-0.39, 0.29) is 75.9 Å². The van der Waals surface area contributed by atoms with Crippen molar-refractivity contribution >= 4 is 75.1 Å². The summed E-state index contributed by atoms with van der Waals surface area (Å²) in [5.74, 6) is 0.236. The molecule has 0 aromatic rings. The van der Waals surface area contributed by atoms with Crippen molar-refractivity contribution in [2.45, 2.75) is 43.0 Å². The first-order valence-electron chi connectivity index (χ1n) is 5.57. The Morgan fingerprint density at radius 1 is 1.41 bits per heavy atom. The van der Waals surface area contributed by atoms with E-state index in [0.29, 0.717) is 5.25 Å². The summed E-state index contributed by atoms with van der Waals surface area (Å²) >= 11 is 1.87. The summed E-state index contributed by atoms with van der Waals surface area (Å²) in [6.45, 7) is 0. The predicted octanol–water partition coefficient (Wildman–Crippen LogP) is 0.148. The summed E-state index contributed by atoms with van der Waals surface area (Å²) in [7, 11) is 0. The molecule has 5 nitrogen and oxygen atoms in total. The molecule has 0 spiro atoms. The summed E-state index contributed by atoms with van der Waals surface area (Å²) in [6, 6.07) is 0.440. The van der Waals surface area contributed by atoms with E-state index in [1.54, 1.807) is 0 Å². The van der Waals surface area contributed by atoms with Gasteiger partial charge >= 0.3 is 63.4 Å². The Labute approximate surface area is 147 Å². The summed E-state index contributed by atoms with van der Waals surface area (Å²) in [5.41, 5.74) is 0. The van der Waals surface area contributed by atoms with Gasteiger partial charge < -0.3 is 15.7 Å². The molecule has 2 saturated heterocycles. The molecule has 17 heavy (non-hydrogen) atoms. The molecule has 0 saturated carbocycles. The van der Waals surface area contributed by atoms with Crippen LogP contribution in [0.3, 0.4) is 0 Å². The number of thioether (sulfide) groups is 1. The van der Waals surface area contributed by atoms with Crippen LogP contribution in [-0.4, -0.2) is 91.6 Å². The van der Waals surface area contributed by atoms with Gasteiger partial charge in [-0.25, -0.2) is 4.79 Å². The summed E-state index contributed by atoms with van der Waals surface area (Å²) in [5, 5.41) is 14.8. The quantitative estimate of drug-likeness (QED) is 0.381. The van der Waals surface area contributed by atoms with Crippen molar-refractivity contribution in [3.63, 3.8) is 0 Å². The Morgan fingerprint density at radius 2 is 2.18 bits per heavy atom. The molecule has 0 aliphatic carbocycles. The number of nitrogens with one attached hydrogen (secondary N) is 2. The van der Waals surface area contributed by atoms with Crippen molar-refractivity contribution < 1.29 is 14.7 Å². The minimum absolute atomic E-state index is 0. The molecule has 2 rings (SSSR count). The molecule has 3 atom stereocenters. The molecule has 0 aromatic heterocycles. The number of amides is 2. The van der Waals surface area contributed by atoms with Crippen LogP contribution in [0.1, 0.15) is 25.7 Å². The van der Waals surface area contributed by atoms with E-state index in [1.165, 1.54) is 0 Å². The fourth-order valence-electron chi connectivity index (χ4n) is 2.26. The standard InChI is InChI=1S/C10H16N2O3S.K.H/c13-8(14)4-2-1-3-7-9-6(5-16-7)11-10(15)12-9;;/h6-7,9H,1-5H2,(H,13,14)(H2,11,12,15);;/t6-,7-,9-;;/m0../s1. The third-order valence-corrected chi connectivity index (χ3v) is 4.58. The van der Waals surface area contributed by atoms with E-state index < -0.39 is 5.97 Å². The molecule has 2 aliphatic heterocycles. The fourth-order valence-corrected chi connectivity index (χ4v) is 3.81. The molecule has 2 heterocycles. The van der Waals surface area contributed by atoms with E-state index in [4.69, 9.17) is 5.11 Å². The zero-order chi connectivity index (χ0) is 11.5. The number of aliphatic carboxylic acids is 1. The zero-order valence-electron chi connectivity index (χ0n) is 8.94. The number of rotatable bonds is 5. The molecule has 0 radical (unpaired) electrons. The number of hydrogen-bond acceptors (Lipinski definition) is 3. The monoisotopic (exact) mass is 284 g/mol. The van der Waals surface area contributed by atoms with Crippen LogP contribution in [-0.2, 0) is 4.79 Å². The first-order valence-corrected chi connectivity index (χ1v) is 6.62. The molecule has 92 valence electrons. The topological polar surface area (TPSA) is 78.4 Å². The number of carboxylic acid groups (broad SMARTS) is 1. The fraction of sp³-hybridized carbons (Fsp3) is 0.800. The van der Waals surface area contributed by atoms with Crippen LogP contribution < -0.4 is 10.6 Å². The van der Waals surface area contributed by atoms with E-state index in [0.717, 1.165) is 25.0 Å². The van der Waals surface area contributed by atoms with Crippen LogP contribution in [0.25, 0.3) is 0 Å². The third-order valence-electron chi connectivity index (χ3n) is 3.07. The van der Waals surface area contributed by atoms with Gasteiger partial charge in [0.2, 0.25) is 0 Å². The van der Waals surface area contributed by atoms with Gasteiger partial charge in [-0.15, -0.1) is 0 Å². The van der Waals surface area contributed by atoms with Gasteiger partial charge in [0.25, 0.3) is 0 Å². The molecule has 7 heteroatoms. The average Bonchev–Trinajstić information content (AvgIpc) is 2.72. The van der Waals surface area contributed by atoms with Gasteiger partial charge in [0.1, 0.15) is 0 Å². The Bertz CT molecular complexity index is 303. The third kappa shape index (κ3) is 4.40. The number of carbonyl (C=O) groups excluding carboxylic acids is 1. The maximum absolute atomic E-state index is 11.1. The van der Waals surface area contributed by atoms with Crippen LogP contribution in [0.5, 0.6) is 0 Å². The second-order valence-corrected chi connectivity index (χ2v) is 5.53. The summed E-state index contributed by atoms with van der Waals surface area (Å²) < 4.78 is 0. The van der Waals surface area contributed by atoms with Gasteiger partial charge in [-0.1, -0.05) is 6.42 Å². The van der Waals surface area contributed by atoms with Crippen molar-refractivity contribution in [2.24, 2.45) is 0 Å². The van der Waals surface area contributed by atoms with Gasteiger partial charge in [-0.2, -0.15) is 11.8 Å². The second kappa shape index (κ2) is 7.35. The van der Waals surface area contributed by atoms with Gasteiger partial charge in [0, 0.05) is 17.4 Å². The molecule has 3 N–H and O–H groups in total. The number of unbranched alkanes of at least 4 members (excludes halogenated alkanes) is 1. The molecule has 0 unspecified atom stereocenters. The Balaban J connectivity index is 0.00000144. The molecule has 2 amide bonds. The van der Waals surface area contributed by atoms with E-state index in [1.807, 2.05) is 11.8 Å².